The third-order valence-electron chi connectivity index (χ3n) is 4.30. The van der Waals surface area contributed by atoms with Crippen molar-refractivity contribution < 1.29 is 18.5 Å². The molecule has 1 atom stereocenters. The first kappa shape index (κ1) is 20.8. The molecule has 1 radical (unpaired) electrons. The van der Waals surface area contributed by atoms with Crippen molar-refractivity contribution in [2.45, 2.75) is 18.2 Å². The van der Waals surface area contributed by atoms with Crippen LogP contribution in [-0.2, 0) is 15.6 Å². The van der Waals surface area contributed by atoms with Crippen LogP contribution in [0.15, 0.2) is 52.9 Å². The molecule has 0 amide bonds. The molecule has 26 heavy (non-hydrogen) atoms. The molecule has 0 aliphatic heterocycles. The molecule has 6 heteroatoms. The maximum Gasteiger partial charge on any atom is 0.307 e. The van der Waals surface area contributed by atoms with Crippen LogP contribution in [0.4, 0.5) is 4.39 Å². The van der Waals surface area contributed by atoms with Gasteiger partial charge in [0.1, 0.15) is 5.82 Å². The molecule has 2 aromatic carbocycles. The second kappa shape index (κ2) is 8.44. The van der Waals surface area contributed by atoms with Gasteiger partial charge >= 0.3 is 5.97 Å². The molecule has 0 saturated heterocycles. The standard InChI is InChI=1S/C20H17FO3S.Na/c1-12-17(9-13-3-6-15(7-4-13)25(2)24)16-8-5-14(21)10-19(16)18(12)11-20(22)23;/h3-10H,11H2,1-2H3,(H,22,23);. The van der Waals surface area contributed by atoms with Crippen LogP contribution in [0.3, 0.4) is 0 Å². The van der Waals surface area contributed by atoms with Crippen molar-refractivity contribution >= 4 is 63.5 Å². The van der Waals surface area contributed by atoms with Crippen LogP contribution in [0.25, 0.3) is 17.2 Å². The van der Waals surface area contributed by atoms with Crippen molar-refractivity contribution in [2.75, 3.05) is 6.26 Å². The molecule has 1 aliphatic rings. The summed E-state index contributed by atoms with van der Waals surface area (Å²) in [5.41, 5.74) is 4.74. The second-order valence-electron chi connectivity index (χ2n) is 5.95. The molecular formula is C20H17FNaO3S. The molecule has 1 N–H and O–H groups in total. The van der Waals surface area contributed by atoms with Crippen molar-refractivity contribution in [3.8, 4) is 0 Å². The Kier molecular flexibility index (Phi) is 6.74. The third-order valence-corrected chi connectivity index (χ3v) is 5.24. The van der Waals surface area contributed by atoms with Gasteiger partial charge in [-0.1, -0.05) is 18.2 Å². The summed E-state index contributed by atoms with van der Waals surface area (Å²) in [5.74, 6) is -1.33. The number of halogens is 1. The first-order valence-electron chi connectivity index (χ1n) is 7.74. The van der Waals surface area contributed by atoms with Gasteiger partial charge in [0.05, 0.1) is 6.42 Å². The summed E-state index contributed by atoms with van der Waals surface area (Å²) in [7, 11) is -1.04. The summed E-state index contributed by atoms with van der Waals surface area (Å²) >= 11 is 0. The predicted molar refractivity (Wildman–Crippen MR) is 104 cm³/mol. The van der Waals surface area contributed by atoms with E-state index in [1.807, 2.05) is 25.1 Å². The number of aliphatic carboxylic acids is 1. The summed E-state index contributed by atoms with van der Waals surface area (Å²) < 4.78 is 25.1. The summed E-state index contributed by atoms with van der Waals surface area (Å²) in [6.07, 6.45) is 3.43. The van der Waals surface area contributed by atoms with Gasteiger partial charge in [0, 0.05) is 51.5 Å². The van der Waals surface area contributed by atoms with E-state index >= 15 is 0 Å². The maximum atomic E-state index is 13.7. The fourth-order valence-electron chi connectivity index (χ4n) is 3.05. The summed E-state index contributed by atoms with van der Waals surface area (Å²) in [5, 5.41) is 9.17. The summed E-state index contributed by atoms with van der Waals surface area (Å²) in [4.78, 5) is 11.9. The average Bonchev–Trinajstić information content (AvgIpc) is 2.80. The molecule has 2 aromatic rings. The van der Waals surface area contributed by atoms with Crippen LogP contribution in [-0.4, -0.2) is 51.1 Å². The molecule has 0 bridgehead atoms. The quantitative estimate of drug-likeness (QED) is 0.818. The zero-order valence-electron chi connectivity index (χ0n) is 14.9. The fourth-order valence-corrected chi connectivity index (χ4v) is 3.57. The Labute approximate surface area is 176 Å². The first-order chi connectivity index (χ1) is 11.9. The molecule has 0 heterocycles. The Balaban J connectivity index is 0.00000243. The van der Waals surface area contributed by atoms with E-state index in [0.717, 1.165) is 27.2 Å². The average molecular weight is 379 g/mol. The second-order valence-corrected chi connectivity index (χ2v) is 7.32. The number of fused-ring (bicyclic) bond motifs is 1. The molecule has 3 nitrogen and oxygen atoms in total. The molecule has 0 aromatic heterocycles. The van der Waals surface area contributed by atoms with E-state index in [1.54, 1.807) is 24.5 Å². The third kappa shape index (κ3) is 4.23. The Bertz CT molecular complexity index is 946. The largest absolute Gasteiger partial charge is 0.481 e. The molecule has 0 saturated carbocycles. The zero-order chi connectivity index (χ0) is 18.1. The van der Waals surface area contributed by atoms with Crippen LogP contribution in [0.5, 0.6) is 0 Å². The predicted octanol–water partition coefficient (Wildman–Crippen LogP) is 3.98. The normalized spacial score (nSPS) is 15.6. The number of carbonyl (C=O) groups is 1. The van der Waals surface area contributed by atoms with Crippen molar-refractivity contribution in [2.24, 2.45) is 0 Å². The zero-order valence-corrected chi connectivity index (χ0v) is 17.7. The molecule has 0 fully saturated rings. The number of hydrogen-bond donors (Lipinski definition) is 1. The summed E-state index contributed by atoms with van der Waals surface area (Å²) in [6.45, 7) is 1.86. The maximum absolute atomic E-state index is 13.7. The van der Waals surface area contributed by atoms with Crippen molar-refractivity contribution in [1.29, 1.82) is 0 Å². The molecule has 0 spiro atoms. The number of carboxylic acid groups (broad SMARTS) is 1. The van der Waals surface area contributed by atoms with E-state index in [4.69, 9.17) is 5.11 Å². The number of carboxylic acids is 1. The van der Waals surface area contributed by atoms with Gasteiger partial charge in [-0.05, 0) is 70.7 Å². The van der Waals surface area contributed by atoms with Crippen LogP contribution in [0, 0.1) is 5.82 Å². The van der Waals surface area contributed by atoms with Gasteiger partial charge in [0.2, 0.25) is 0 Å². The smallest absolute Gasteiger partial charge is 0.307 e. The van der Waals surface area contributed by atoms with Gasteiger partial charge in [-0.3, -0.25) is 9.00 Å². The fraction of sp³-hybridized carbons (Fsp3) is 0.150. The van der Waals surface area contributed by atoms with Crippen LogP contribution in [0.2, 0.25) is 0 Å². The summed E-state index contributed by atoms with van der Waals surface area (Å²) in [6, 6.07) is 11.8. The Morgan fingerprint density at radius 2 is 1.81 bits per heavy atom. The Morgan fingerprint density at radius 3 is 2.38 bits per heavy atom. The van der Waals surface area contributed by atoms with Crippen molar-refractivity contribution in [1.82, 2.24) is 0 Å². The van der Waals surface area contributed by atoms with Gasteiger partial charge in [-0.25, -0.2) is 4.39 Å². The van der Waals surface area contributed by atoms with Gasteiger partial charge < -0.3 is 5.11 Å². The van der Waals surface area contributed by atoms with E-state index in [9.17, 15) is 13.4 Å². The number of hydrogen-bond acceptors (Lipinski definition) is 2. The first-order valence-corrected chi connectivity index (χ1v) is 9.30. The van der Waals surface area contributed by atoms with Crippen LogP contribution < -0.4 is 0 Å². The van der Waals surface area contributed by atoms with E-state index < -0.39 is 16.8 Å². The topological polar surface area (TPSA) is 54.4 Å². The Morgan fingerprint density at radius 1 is 1.15 bits per heavy atom. The number of benzene rings is 2. The minimum atomic E-state index is -1.04. The van der Waals surface area contributed by atoms with Crippen molar-refractivity contribution in [3.63, 3.8) is 0 Å². The molecule has 1 aliphatic carbocycles. The molecule has 1 unspecified atom stereocenters. The SMILES string of the molecule is CC1=C(CC(=O)O)c2cc(F)ccc2C1=Cc1ccc(S(C)=O)cc1.[Na]. The number of allylic oxidation sites excluding steroid dienone is 2. The van der Waals surface area contributed by atoms with E-state index in [1.165, 1.54) is 12.1 Å². The van der Waals surface area contributed by atoms with Gasteiger partial charge in [-0.15, -0.1) is 0 Å². The van der Waals surface area contributed by atoms with Crippen molar-refractivity contribution in [3.05, 3.63) is 70.5 Å². The van der Waals surface area contributed by atoms with E-state index in [2.05, 4.69) is 0 Å². The monoisotopic (exact) mass is 379 g/mol. The van der Waals surface area contributed by atoms with Gasteiger partial charge in [-0.2, -0.15) is 0 Å². The van der Waals surface area contributed by atoms with Gasteiger partial charge in [0.15, 0.2) is 0 Å². The molecule has 3 rings (SSSR count). The minimum absolute atomic E-state index is 0. The van der Waals surface area contributed by atoms with Gasteiger partial charge in [0.25, 0.3) is 0 Å². The Hall–Kier alpha value is -1.53. The van der Waals surface area contributed by atoms with E-state index in [0.29, 0.717) is 11.1 Å². The number of rotatable bonds is 4. The van der Waals surface area contributed by atoms with Crippen LogP contribution >= 0.6 is 0 Å². The van der Waals surface area contributed by atoms with Crippen LogP contribution in [0.1, 0.15) is 30.0 Å². The minimum Gasteiger partial charge on any atom is -0.481 e. The molecule has 129 valence electrons. The van der Waals surface area contributed by atoms with E-state index in [-0.39, 0.29) is 41.8 Å². The molecular weight excluding hydrogens is 362 g/mol.